The minimum atomic E-state index is -0.270. The number of hydrogen-bond donors (Lipinski definition) is 2. The minimum Gasteiger partial charge on any atom is -0.355 e. The molecule has 1 aliphatic rings. The quantitative estimate of drug-likeness (QED) is 0.777. The van der Waals surface area contributed by atoms with Crippen molar-refractivity contribution < 1.29 is 9.59 Å². The molecule has 0 aromatic heterocycles. The number of benzene rings is 2. The third-order valence-electron chi connectivity index (χ3n) is 5.41. The van der Waals surface area contributed by atoms with E-state index in [0.29, 0.717) is 32.5 Å². The molecular weight excluding hydrogens is 350 g/mol. The molecule has 1 fully saturated rings. The minimum absolute atomic E-state index is 0.000264. The van der Waals surface area contributed by atoms with Gasteiger partial charge in [0.25, 0.3) is 0 Å². The number of nitrogens with one attached hydrogen (secondary N) is 1. The van der Waals surface area contributed by atoms with Gasteiger partial charge in [0.15, 0.2) is 0 Å². The summed E-state index contributed by atoms with van der Waals surface area (Å²) in [6.45, 7) is 3.61. The molecule has 0 spiro atoms. The van der Waals surface area contributed by atoms with Gasteiger partial charge in [-0.3, -0.25) is 9.59 Å². The average Bonchev–Trinajstić information content (AvgIpc) is 2.74. The fraction of sp³-hybridized carbons (Fsp3) is 0.391. The molecule has 2 aromatic carbocycles. The van der Waals surface area contributed by atoms with Crippen LogP contribution in [0, 0.1) is 11.8 Å². The molecule has 2 amide bonds. The van der Waals surface area contributed by atoms with Gasteiger partial charge in [-0.2, -0.15) is 0 Å². The van der Waals surface area contributed by atoms with Crippen LogP contribution in [-0.2, 0) is 16.1 Å². The highest BCUT2D eigenvalue weighted by Gasteiger charge is 2.40. The summed E-state index contributed by atoms with van der Waals surface area (Å²) in [7, 11) is 0. The van der Waals surface area contributed by atoms with Crippen LogP contribution >= 0.6 is 0 Å². The third-order valence-corrected chi connectivity index (χ3v) is 5.41. The normalized spacial score (nSPS) is 20.6. The Labute approximate surface area is 166 Å². The molecule has 0 radical (unpaired) electrons. The summed E-state index contributed by atoms with van der Waals surface area (Å²) in [5.41, 5.74) is 7.74. The predicted octanol–water partition coefficient (Wildman–Crippen LogP) is 2.88. The molecule has 1 saturated heterocycles. The van der Waals surface area contributed by atoms with Crippen LogP contribution in [-0.4, -0.2) is 29.8 Å². The first-order chi connectivity index (χ1) is 13.6. The molecule has 5 heteroatoms. The van der Waals surface area contributed by atoms with E-state index < -0.39 is 0 Å². The molecule has 3 N–H and O–H groups in total. The van der Waals surface area contributed by atoms with Crippen molar-refractivity contribution in [3.05, 3.63) is 71.8 Å². The number of piperidine rings is 1. The highest BCUT2D eigenvalue weighted by molar-refractivity contribution is 5.85. The number of nitrogens with zero attached hydrogens (tertiary/aromatic N) is 1. The average molecular weight is 380 g/mol. The van der Waals surface area contributed by atoms with Crippen molar-refractivity contribution in [2.24, 2.45) is 17.6 Å². The van der Waals surface area contributed by atoms with Gasteiger partial charge in [-0.15, -0.1) is 0 Å². The van der Waals surface area contributed by atoms with Crippen molar-refractivity contribution in [1.29, 1.82) is 0 Å². The van der Waals surface area contributed by atoms with E-state index in [2.05, 4.69) is 5.32 Å². The Balaban J connectivity index is 1.88. The van der Waals surface area contributed by atoms with Crippen LogP contribution in [0.25, 0.3) is 0 Å². The Morgan fingerprint density at radius 1 is 1.14 bits per heavy atom. The first kappa shape index (κ1) is 20.1. The zero-order chi connectivity index (χ0) is 19.9. The highest BCUT2D eigenvalue weighted by Crippen LogP contribution is 2.37. The Morgan fingerprint density at radius 3 is 2.43 bits per heavy atom. The van der Waals surface area contributed by atoms with Gasteiger partial charge in [-0.05, 0) is 30.0 Å². The van der Waals surface area contributed by atoms with Crippen molar-refractivity contribution in [1.82, 2.24) is 10.2 Å². The second kappa shape index (κ2) is 9.51. The molecule has 1 heterocycles. The zero-order valence-electron chi connectivity index (χ0n) is 16.4. The fourth-order valence-electron chi connectivity index (χ4n) is 3.75. The molecular formula is C23H29N3O2. The van der Waals surface area contributed by atoms with Crippen molar-refractivity contribution >= 4 is 11.8 Å². The zero-order valence-corrected chi connectivity index (χ0v) is 16.4. The number of likely N-dealkylation sites (tertiary alicyclic amines) is 1. The lowest BCUT2D eigenvalue weighted by Crippen LogP contribution is -2.48. The van der Waals surface area contributed by atoms with Gasteiger partial charge in [0.1, 0.15) is 0 Å². The van der Waals surface area contributed by atoms with Gasteiger partial charge in [-0.1, -0.05) is 67.6 Å². The summed E-state index contributed by atoms with van der Waals surface area (Å²) >= 11 is 0. The molecule has 3 rings (SSSR count). The highest BCUT2D eigenvalue weighted by atomic mass is 16.2. The van der Waals surface area contributed by atoms with Crippen LogP contribution in [0.1, 0.15) is 36.9 Å². The fourth-order valence-corrected chi connectivity index (χ4v) is 3.75. The summed E-state index contributed by atoms with van der Waals surface area (Å²) in [6, 6.07) is 19.5. The Morgan fingerprint density at radius 2 is 1.79 bits per heavy atom. The molecule has 0 bridgehead atoms. The summed E-state index contributed by atoms with van der Waals surface area (Å²) in [5.74, 6) is 0.0513. The Bertz CT molecular complexity index is 779. The van der Waals surface area contributed by atoms with Gasteiger partial charge < -0.3 is 16.0 Å². The van der Waals surface area contributed by atoms with E-state index >= 15 is 0 Å². The number of rotatable bonds is 7. The van der Waals surface area contributed by atoms with Gasteiger partial charge >= 0.3 is 0 Å². The first-order valence-corrected chi connectivity index (χ1v) is 9.96. The molecule has 148 valence electrons. The van der Waals surface area contributed by atoms with Crippen LogP contribution < -0.4 is 11.1 Å². The van der Waals surface area contributed by atoms with E-state index in [1.54, 1.807) is 0 Å². The Hall–Kier alpha value is -2.66. The molecule has 2 aromatic rings. The second-order valence-corrected chi connectivity index (χ2v) is 7.59. The number of amides is 2. The van der Waals surface area contributed by atoms with E-state index in [4.69, 9.17) is 5.73 Å². The summed E-state index contributed by atoms with van der Waals surface area (Å²) < 4.78 is 0. The van der Waals surface area contributed by atoms with Crippen LogP contribution in [0.5, 0.6) is 0 Å². The molecule has 5 nitrogen and oxygen atoms in total. The lowest BCUT2D eigenvalue weighted by molar-refractivity contribution is -0.144. The summed E-state index contributed by atoms with van der Waals surface area (Å²) in [5, 5.41) is 3.05. The molecule has 3 unspecified atom stereocenters. The lowest BCUT2D eigenvalue weighted by atomic mass is 9.83. The van der Waals surface area contributed by atoms with Gasteiger partial charge in [0.2, 0.25) is 11.8 Å². The van der Waals surface area contributed by atoms with Gasteiger partial charge in [0.05, 0.1) is 12.0 Å². The number of carbonyl (C=O) groups is 2. The molecule has 3 atom stereocenters. The largest absolute Gasteiger partial charge is 0.355 e. The topological polar surface area (TPSA) is 75.4 Å². The van der Waals surface area contributed by atoms with Crippen LogP contribution in [0.2, 0.25) is 0 Å². The van der Waals surface area contributed by atoms with Crippen molar-refractivity contribution in [2.45, 2.75) is 32.4 Å². The van der Waals surface area contributed by atoms with Crippen molar-refractivity contribution in [3.63, 3.8) is 0 Å². The van der Waals surface area contributed by atoms with E-state index in [-0.39, 0.29) is 29.7 Å². The molecule has 1 aliphatic heterocycles. The summed E-state index contributed by atoms with van der Waals surface area (Å²) in [4.78, 5) is 27.7. The van der Waals surface area contributed by atoms with Gasteiger partial charge in [0, 0.05) is 19.5 Å². The Kier molecular flexibility index (Phi) is 6.82. The molecule has 0 saturated carbocycles. The standard InChI is InChI=1S/C23H29N3O2/c1-17(14-24)15-25-23(28)20-12-13-21(27)26(16-18-8-4-2-5-9-18)22(20)19-10-6-3-7-11-19/h2-11,17,20,22H,12-16,24H2,1H3,(H,25,28). The second-order valence-electron chi connectivity index (χ2n) is 7.59. The lowest BCUT2D eigenvalue weighted by Gasteiger charge is -2.41. The molecule has 28 heavy (non-hydrogen) atoms. The number of carbonyl (C=O) groups excluding carboxylic acids is 2. The third kappa shape index (κ3) is 4.78. The van der Waals surface area contributed by atoms with E-state index in [1.807, 2.05) is 72.5 Å². The maximum atomic E-state index is 13.0. The van der Waals surface area contributed by atoms with E-state index in [0.717, 1.165) is 11.1 Å². The summed E-state index contributed by atoms with van der Waals surface area (Å²) in [6.07, 6.45) is 0.952. The van der Waals surface area contributed by atoms with E-state index in [9.17, 15) is 9.59 Å². The first-order valence-electron chi connectivity index (χ1n) is 9.96. The SMILES string of the molecule is CC(CN)CNC(=O)C1CCC(=O)N(Cc2ccccc2)C1c1ccccc1. The van der Waals surface area contributed by atoms with Gasteiger partial charge in [-0.25, -0.2) is 0 Å². The maximum absolute atomic E-state index is 13.0. The maximum Gasteiger partial charge on any atom is 0.225 e. The monoisotopic (exact) mass is 379 g/mol. The van der Waals surface area contributed by atoms with Crippen LogP contribution in [0.4, 0.5) is 0 Å². The van der Waals surface area contributed by atoms with E-state index in [1.165, 1.54) is 0 Å². The number of nitrogens with two attached hydrogens (primary N) is 1. The predicted molar refractivity (Wildman–Crippen MR) is 110 cm³/mol. The van der Waals surface area contributed by atoms with Crippen LogP contribution in [0.3, 0.4) is 0 Å². The van der Waals surface area contributed by atoms with Crippen molar-refractivity contribution in [2.75, 3.05) is 13.1 Å². The van der Waals surface area contributed by atoms with Crippen LogP contribution in [0.15, 0.2) is 60.7 Å². The molecule has 0 aliphatic carbocycles. The van der Waals surface area contributed by atoms with Crippen molar-refractivity contribution in [3.8, 4) is 0 Å². The number of hydrogen-bond acceptors (Lipinski definition) is 3. The smallest absolute Gasteiger partial charge is 0.225 e.